The van der Waals surface area contributed by atoms with Gasteiger partial charge in [-0.25, -0.2) is 8.78 Å². The summed E-state index contributed by atoms with van der Waals surface area (Å²) in [6.07, 6.45) is 2.91. The van der Waals surface area contributed by atoms with E-state index in [0.29, 0.717) is 23.5 Å². The van der Waals surface area contributed by atoms with Gasteiger partial charge in [-0.3, -0.25) is 9.78 Å². The number of nitrogens with zero attached hydrogens (tertiary/aromatic N) is 1. The van der Waals surface area contributed by atoms with Crippen LogP contribution in [0.2, 0.25) is 0 Å². The average Bonchev–Trinajstić information content (AvgIpc) is 2.43. The molecule has 0 atom stereocenters. The third-order valence-electron chi connectivity index (χ3n) is 2.69. The fourth-order valence-corrected chi connectivity index (χ4v) is 1.75. The standard InChI is InChI=1S/C15H13F2NO2/c1-2-20-12-7-11(8-18-9-12)15(19)6-10-3-4-13(16)14(17)5-10/h3-5,7-9H,2,6H2,1H3. The summed E-state index contributed by atoms with van der Waals surface area (Å²) < 4.78 is 31.1. The van der Waals surface area contributed by atoms with Gasteiger partial charge in [-0.05, 0) is 30.7 Å². The van der Waals surface area contributed by atoms with E-state index in [1.165, 1.54) is 18.5 Å². The second kappa shape index (κ2) is 6.23. The van der Waals surface area contributed by atoms with Gasteiger partial charge in [0.25, 0.3) is 0 Å². The highest BCUT2D eigenvalue weighted by Crippen LogP contribution is 2.15. The molecule has 0 spiro atoms. The highest BCUT2D eigenvalue weighted by atomic mass is 19.2. The van der Waals surface area contributed by atoms with Crippen molar-refractivity contribution in [1.29, 1.82) is 0 Å². The minimum atomic E-state index is -0.962. The lowest BCUT2D eigenvalue weighted by Crippen LogP contribution is -2.05. The van der Waals surface area contributed by atoms with Crippen LogP contribution in [0.4, 0.5) is 8.78 Å². The SMILES string of the molecule is CCOc1cncc(C(=O)Cc2ccc(F)c(F)c2)c1. The predicted molar refractivity (Wildman–Crippen MR) is 69.8 cm³/mol. The normalized spacial score (nSPS) is 10.3. The molecule has 0 aliphatic rings. The monoisotopic (exact) mass is 277 g/mol. The van der Waals surface area contributed by atoms with Crippen LogP contribution < -0.4 is 4.74 Å². The van der Waals surface area contributed by atoms with Gasteiger partial charge < -0.3 is 4.74 Å². The molecular formula is C15H13F2NO2. The molecule has 3 nitrogen and oxygen atoms in total. The number of benzene rings is 1. The Labute approximate surface area is 115 Å². The van der Waals surface area contributed by atoms with Crippen molar-refractivity contribution >= 4 is 5.78 Å². The quantitative estimate of drug-likeness (QED) is 0.788. The molecule has 0 saturated carbocycles. The van der Waals surface area contributed by atoms with Crippen molar-refractivity contribution in [3.63, 3.8) is 0 Å². The number of ether oxygens (including phenoxy) is 1. The largest absolute Gasteiger partial charge is 0.492 e. The summed E-state index contributed by atoms with van der Waals surface area (Å²) in [6, 6.07) is 4.99. The number of pyridine rings is 1. The molecule has 0 aliphatic carbocycles. The summed E-state index contributed by atoms with van der Waals surface area (Å²) in [5.74, 6) is -1.62. The van der Waals surface area contributed by atoms with Crippen molar-refractivity contribution in [2.24, 2.45) is 0 Å². The molecule has 104 valence electrons. The number of Topliss-reactive ketones (excluding diaryl/α,β-unsaturated/α-hetero) is 1. The first-order valence-corrected chi connectivity index (χ1v) is 6.15. The minimum absolute atomic E-state index is 0.0194. The second-order valence-corrected chi connectivity index (χ2v) is 4.19. The van der Waals surface area contributed by atoms with Crippen LogP contribution in [0, 0.1) is 11.6 Å². The van der Waals surface area contributed by atoms with E-state index in [1.807, 2.05) is 6.92 Å². The van der Waals surface area contributed by atoms with Crippen molar-refractivity contribution in [2.45, 2.75) is 13.3 Å². The zero-order valence-electron chi connectivity index (χ0n) is 10.9. The number of carbonyl (C=O) groups excluding carboxylic acids is 1. The molecule has 1 aromatic heterocycles. The average molecular weight is 277 g/mol. The Kier molecular flexibility index (Phi) is 4.40. The van der Waals surface area contributed by atoms with Gasteiger partial charge in [-0.1, -0.05) is 6.07 Å². The number of halogens is 2. The van der Waals surface area contributed by atoms with E-state index >= 15 is 0 Å². The van der Waals surface area contributed by atoms with E-state index in [9.17, 15) is 13.6 Å². The molecule has 2 rings (SSSR count). The molecule has 5 heteroatoms. The molecule has 0 amide bonds. The Bertz CT molecular complexity index is 629. The van der Waals surface area contributed by atoms with E-state index in [0.717, 1.165) is 12.1 Å². The van der Waals surface area contributed by atoms with Crippen molar-refractivity contribution < 1.29 is 18.3 Å². The lowest BCUT2D eigenvalue weighted by molar-refractivity contribution is 0.0992. The van der Waals surface area contributed by atoms with Crippen molar-refractivity contribution in [3.8, 4) is 5.75 Å². The number of hydrogen-bond donors (Lipinski definition) is 0. The third-order valence-corrected chi connectivity index (χ3v) is 2.69. The number of ketones is 1. The fourth-order valence-electron chi connectivity index (χ4n) is 1.75. The lowest BCUT2D eigenvalue weighted by atomic mass is 10.0. The van der Waals surface area contributed by atoms with E-state index in [-0.39, 0.29) is 12.2 Å². The number of hydrogen-bond acceptors (Lipinski definition) is 3. The zero-order chi connectivity index (χ0) is 14.5. The summed E-state index contributed by atoms with van der Waals surface area (Å²) in [4.78, 5) is 16.0. The van der Waals surface area contributed by atoms with Crippen molar-refractivity contribution in [1.82, 2.24) is 4.98 Å². The minimum Gasteiger partial charge on any atom is -0.492 e. The molecule has 0 saturated heterocycles. The number of rotatable bonds is 5. The Morgan fingerprint density at radius 2 is 2.00 bits per heavy atom. The van der Waals surface area contributed by atoms with E-state index in [1.54, 1.807) is 6.07 Å². The Morgan fingerprint density at radius 1 is 1.20 bits per heavy atom. The molecule has 0 radical (unpaired) electrons. The maximum Gasteiger partial charge on any atom is 0.168 e. The van der Waals surface area contributed by atoms with Crippen molar-refractivity contribution in [3.05, 3.63) is 59.4 Å². The lowest BCUT2D eigenvalue weighted by Gasteiger charge is -2.05. The summed E-state index contributed by atoms with van der Waals surface area (Å²) in [5.41, 5.74) is 0.788. The Balaban J connectivity index is 2.15. The van der Waals surface area contributed by atoms with Gasteiger partial charge >= 0.3 is 0 Å². The van der Waals surface area contributed by atoms with Crippen LogP contribution in [0.25, 0.3) is 0 Å². The summed E-state index contributed by atoms with van der Waals surface area (Å²) in [6.45, 7) is 2.30. The van der Waals surface area contributed by atoms with Crippen molar-refractivity contribution in [2.75, 3.05) is 6.61 Å². The first kappa shape index (κ1) is 14.1. The first-order valence-electron chi connectivity index (χ1n) is 6.15. The molecule has 1 heterocycles. The zero-order valence-corrected chi connectivity index (χ0v) is 10.9. The van der Waals surface area contributed by atoms with Gasteiger partial charge in [0.05, 0.1) is 12.8 Å². The van der Waals surface area contributed by atoms with Gasteiger partial charge in [0.1, 0.15) is 5.75 Å². The maximum absolute atomic E-state index is 13.1. The number of aromatic nitrogens is 1. The third kappa shape index (κ3) is 3.38. The van der Waals surface area contributed by atoms with Crippen LogP contribution in [0.1, 0.15) is 22.8 Å². The van der Waals surface area contributed by atoms with Crippen LogP contribution >= 0.6 is 0 Å². The molecule has 0 fully saturated rings. The molecular weight excluding hydrogens is 264 g/mol. The van der Waals surface area contributed by atoms with E-state index in [2.05, 4.69) is 4.98 Å². The summed E-state index contributed by atoms with van der Waals surface area (Å²) in [7, 11) is 0. The van der Waals surface area contributed by atoms with Gasteiger partial charge in [0, 0.05) is 18.2 Å². The van der Waals surface area contributed by atoms with E-state index in [4.69, 9.17) is 4.74 Å². The molecule has 1 aromatic carbocycles. The Morgan fingerprint density at radius 3 is 2.70 bits per heavy atom. The van der Waals surface area contributed by atoms with Gasteiger partial charge in [-0.15, -0.1) is 0 Å². The highest BCUT2D eigenvalue weighted by molar-refractivity contribution is 5.97. The van der Waals surface area contributed by atoms with Crippen LogP contribution in [-0.2, 0) is 6.42 Å². The molecule has 0 bridgehead atoms. The highest BCUT2D eigenvalue weighted by Gasteiger charge is 2.11. The molecule has 20 heavy (non-hydrogen) atoms. The second-order valence-electron chi connectivity index (χ2n) is 4.19. The molecule has 2 aromatic rings. The van der Waals surface area contributed by atoms with Crippen LogP contribution in [-0.4, -0.2) is 17.4 Å². The van der Waals surface area contributed by atoms with Gasteiger partial charge in [-0.2, -0.15) is 0 Å². The van der Waals surface area contributed by atoms with Crippen LogP contribution in [0.15, 0.2) is 36.7 Å². The molecule has 0 N–H and O–H groups in total. The van der Waals surface area contributed by atoms with E-state index < -0.39 is 11.6 Å². The number of carbonyl (C=O) groups is 1. The topological polar surface area (TPSA) is 39.2 Å². The van der Waals surface area contributed by atoms with Gasteiger partial charge in [0.15, 0.2) is 17.4 Å². The first-order chi connectivity index (χ1) is 9.60. The predicted octanol–water partition coefficient (Wildman–Crippen LogP) is 3.18. The summed E-state index contributed by atoms with van der Waals surface area (Å²) in [5, 5.41) is 0. The van der Waals surface area contributed by atoms with Crippen LogP contribution in [0.5, 0.6) is 5.75 Å². The van der Waals surface area contributed by atoms with Gasteiger partial charge in [0.2, 0.25) is 0 Å². The summed E-state index contributed by atoms with van der Waals surface area (Å²) >= 11 is 0. The maximum atomic E-state index is 13.1. The molecule has 0 unspecified atom stereocenters. The van der Waals surface area contributed by atoms with Crippen LogP contribution in [0.3, 0.4) is 0 Å². The molecule has 0 aliphatic heterocycles. The smallest absolute Gasteiger partial charge is 0.168 e. The fraction of sp³-hybridized carbons (Fsp3) is 0.200. The Hall–Kier alpha value is -2.30.